The molecule has 0 aliphatic carbocycles. The molecule has 3 heteroatoms. The lowest BCUT2D eigenvalue weighted by molar-refractivity contribution is 0.474. The van der Waals surface area contributed by atoms with E-state index in [0.717, 1.165) is 18.6 Å². The Hall–Kier alpha value is -1.77. The monoisotopic (exact) mass is 288 g/mol. The van der Waals surface area contributed by atoms with Crippen LogP contribution in [0, 0.1) is 0 Å². The minimum Gasteiger partial charge on any atom is -0.508 e. The molecule has 0 atom stereocenters. The lowest BCUT2D eigenvalue weighted by atomic mass is 10.1. The first-order valence-electron chi connectivity index (χ1n) is 7.96. The lowest BCUT2D eigenvalue weighted by Crippen LogP contribution is -2.02. The van der Waals surface area contributed by atoms with Gasteiger partial charge in [0.15, 0.2) is 5.43 Å². The second-order valence-corrected chi connectivity index (χ2v) is 5.63. The Balaban J connectivity index is 1.88. The van der Waals surface area contributed by atoms with Crippen LogP contribution in [0.1, 0.15) is 57.6 Å². The highest BCUT2D eigenvalue weighted by Gasteiger charge is 2.05. The zero-order chi connectivity index (χ0) is 15.1. The summed E-state index contributed by atoms with van der Waals surface area (Å²) in [5.41, 5.74) is 0.475. The van der Waals surface area contributed by atoms with E-state index in [1.807, 2.05) is 0 Å². The van der Waals surface area contributed by atoms with Gasteiger partial charge in [0.2, 0.25) is 0 Å². The number of benzene rings is 1. The third-order valence-corrected chi connectivity index (χ3v) is 3.79. The van der Waals surface area contributed by atoms with Gasteiger partial charge in [0, 0.05) is 12.5 Å². The molecule has 3 nitrogen and oxygen atoms in total. The van der Waals surface area contributed by atoms with Crippen LogP contribution in [0.25, 0.3) is 11.0 Å². The summed E-state index contributed by atoms with van der Waals surface area (Å²) in [5.74, 6) is 0.835. The van der Waals surface area contributed by atoms with Crippen molar-refractivity contribution in [3.8, 4) is 5.75 Å². The predicted octanol–water partition coefficient (Wildman–Crippen LogP) is 4.79. The highest BCUT2D eigenvalue weighted by Crippen LogP contribution is 2.19. The number of rotatable bonds is 8. The predicted molar refractivity (Wildman–Crippen MR) is 85.8 cm³/mol. The maximum Gasteiger partial charge on any atom is 0.193 e. The second-order valence-electron chi connectivity index (χ2n) is 5.63. The highest BCUT2D eigenvalue weighted by atomic mass is 16.3. The topological polar surface area (TPSA) is 50.4 Å². The maximum absolute atomic E-state index is 12.0. The molecule has 1 N–H and O–H groups in total. The van der Waals surface area contributed by atoms with E-state index in [4.69, 9.17) is 4.42 Å². The molecule has 0 fully saturated rings. The molecule has 114 valence electrons. The zero-order valence-corrected chi connectivity index (χ0v) is 12.7. The minimum atomic E-state index is -0.0786. The zero-order valence-electron chi connectivity index (χ0n) is 12.7. The molecule has 2 rings (SSSR count). The fourth-order valence-corrected chi connectivity index (χ4v) is 2.57. The maximum atomic E-state index is 12.0. The van der Waals surface area contributed by atoms with Crippen LogP contribution < -0.4 is 5.43 Å². The van der Waals surface area contributed by atoms with E-state index in [1.54, 1.807) is 18.2 Å². The summed E-state index contributed by atoms with van der Waals surface area (Å²) in [6, 6.07) is 6.21. The average Bonchev–Trinajstić information content (AvgIpc) is 2.47. The number of phenolic OH excluding ortho intramolecular Hbond substituents is 1. The van der Waals surface area contributed by atoms with Crippen LogP contribution in [0.15, 0.2) is 33.5 Å². The van der Waals surface area contributed by atoms with Crippen molar-refractivity contribution in [2.45, 2.75) is 58.3 Å². The quantitative estimate of drug-likeness (QED) is 0.710. The van der Waals surface area contributed by atoms with Crippen molar-refractivity contribution in [3.63, 3.8) is 0 Å². The summed E-state index contributed by atoms with van der Waals surface area (Å²) in [7, 11) is 0. The summed E-state index contributed by atoms with van der Waals surface area (Å²) < 4.78 is 5.73. The third-order valence-electron chi connectivity index (χ3n) is 3.79. The molecule has 0 spiro atoms. The smallest absolute Gasteiger partial charge is 0.193 e. The van der Waals surface area contributed by atoms with Gasteiger partial charge in [-0.05, 0) is 24.6 Å². The summed E-state index contributed by atoms with van der Waals surface area (Å²) >= 11 is 0. The number of aryl methyl sites for hydroxylation is 1. The van der Waals surface area contributed by atoms with Crippen molar-refractivity contribution in [1.29, 1.82) is 0 Å². The van der Waals surface area contributed by atoms with E-state index in [9.17, 15) is 9.90 Å². The minimum absolute atomic E-state index is 0.0786. The van der Waals surface area contributed by atoms with Gasteiger partial charge in [0.1, 0.15) is 17.1 Å². The van der Waals surface area contributed by atoms with Gasteiger partial charge in [-0.15, -0.1) is 0 Å². The largest absolute Gasteiger partial charge is 0.508 e. The number of hydrogen-bond acceptors (Lipinski definition) is 3. The molecule has 1 heterocycles. The molecule has 21 heavy (non-hydrogen) atoms. The molecule has 0 aliphatic heterocycles. The molecule has 0 aliphatic rings. The summed E-state index contributed by atoms with van der Waals surface area (Å²) in [6.07, 6.45) is 9.52. The lowest BCUT2D eigenvalue weighted by Gasteiger charge is -2.04. The van der Waals surface area contributed by atoms with Gasteiger partial charge in [-0.2, -0.15) is 0 Å². The van der Waals surface area contributed by atoms with Crippen LogP contribution >= 0.6 is 0 Å². The summed E-state index contributed by atoms with van der Waals surface area (Å²) in [6.45, 7) is 2.22. The van der Waals surface area contributed by atoms with E-state index in [0.29, 0.717) is 11.0 Å². The average molecular weight is 288 g/mol. The number of unbranched alkanes of at least 4 members (excludes halogenated alkanes) is 6. The Morgan fingerprint density at radius 1 is 1.00 bits per heavy atom. The Morgan fingerprint density at radius 3 is 2.48 bits per heavy atom. The van der Waals surface area contributed by atoms with Crippen LogP contribution in [0.4, 0.5) is 0 Å². The second kappa shape index (κ2) is 7.87. The van der Waals surface area contributed by atoms with Gasteiger partial charge in [-0.25, -0.2) is 0 Å². The van der Waals surface area contributed by atoms with Crippen LogP contribution in [0.2, 0.25) is 0 Å². The third kappa shape index (κ3) is 4.62. The molecule has 0 amide bonds. The van der Waals surface area contributed by atoms with Crippen molar-refractivity contribution in [2.75, 3.05) is 0 Å². The van der Waals surface area contributed by atoms with E-state index in [-0.39, 0.29) is 11.2 Å². The Labute approximate surface area is 125 Å². The van der Waals surface area contributed by atoms with Gasteiger partial charge in [-0.1, -0.05) is 45.4 Å². The number of hydrogen-bond donors (Lipinski definition) is 1. The first-order chi connectivity index (χ1) is 10.2. The van der Waals surface area contributed by atoms with Gasteiger partial charge < -0.3 is 9.52 Å². The van der Waals surface area contributed by atoms with Gasteiger partial charge >= 0.3 is 0 Å². The van der Waals surface area contributed by atoms with Crippen LogP contribution in [0.3, 0.4) is 0 Å². The molecule has 1 aromatic heterocycles. The standard InChI is InChI=1S/C18H24O3/c1-2-3-4-5-6-7-8-9-15-13-17(20)16-12-14(19)10-11-18(16)21-15/h10-13,19H,2-9H2,1H3. The van der Waals surface area contributed by atoms with Crippen LogP contribution in [0.5, 0.6) is 5.75 Å². The van der Waals surface area contributed by atoms with Crippen molar-refractivity contribution in [2.24, 2.45) is 0 Å². The van der Waals surface area contributed by atoms with Crippen molar-refractivity contribution in [3.05, 3.63) is 40.2 Å². The molecule has 0 bridgehead atoms. The van der Waals surface area contributed by atoms with Crippen molar-refractivity contribution < 1.29 is 9.52 Å². The van der Waals surface area contributed by atoms with E-state index in [2.05, 4.69) is 6.92 Å². The van der Waals surface area contributed by atoms with Gasteiger partial charge in [-0.3, -0.25) is 4.79 Å². The molecular formula is C18H24O3. The SMILES string of the molecule is CCCCCCCCCc1cc(=O)c2cc(O)ccc2o1. The number of phenols is 1. The molecule has 0 saturated heterocycles. The first kappa shape index (κ1) is 15.6. The molecular weight excluding hydrogens is 264 g/mol. The van der Waals surface area contributed by atoms with Crippen molar-refractivity contribution >= 4 is 11.0 Å². The Morgan fingerprint density at radius 2 is 1.71 bits per heavy atom. The van der Waals surface area contributed by atoms with E-state index in [1.165, 1.54) is 44.6 Å². The first-order valence-corrected chi connectivity index (χ1v) is 7.96. The summed E-state index contributed by atoms with van der Waals surface area (Å²) in [4.78, 5) is 12.0. The fraction of sp³-hybridized carbons (Fsp3) is 0.500. The van der Waals surface area contributed by atoms with Crippen molar-refractivity contribution in [1.82, 2.24) is 0 Å². The molecule has 2 aromatic rings. The Kier molecular flexibility index (Phi) is 5.85. The number of aromatic hydroxyl groups is 1. The molecule has 0 unspecified atom stereocenters. The van der Waals surface area contributed by atoms with Gasteiger partial charge in [0.05, 0.1) is 5.39 Å². The molecule has 0 radical (unpaired) electrons. The van der Waals surface area contributed by atoms with Crippen LogP contribution in [-0.2, 0) is 6.42 Å². The molecule has 1 aromatic carbocycles. The number of fused-ring (bicyclic) bond motifs is 1. The van der Waals surface area contributed by atoms with Crippen LogP contribution in [-0.4, -0.2) is 5.11 Å². The fourth-order valence-electron chi connectivity index (χ4n) is 2.57. The normalized spacial score (nSPS) is 11.1. The summed E-state index contributed by atoms with van der Waals surface area (Å²) in [5, 5.41) is 9.85. The Bertz CT molecular complexity index is 628. The van der Waals surface area contributed by atoms with E-state index < -0.39 is 0 Å². The van der Waals surface area contributed by atoms with E-state index >= 15 is 0 Å². The molecule has 0 saturated carbocycles. The highest BCUT2D eigenvalue weighted by molar-refractivity contribution is 5.77. The van der Waals surface area contributed by atoms with Gasteiger partial charge in [0.25, 0.3) is 0 Å².